The molecule has 0 aliphatic rings. The summed E-state index contributed by atoms with van der Waals surface area (Å²) in [6.07, 6.45) is 13.3. The molecule has 1 unspecified atom stereocenters. The lowest BCUT2D eigenvalue weighted by molar-refractivity contribution is -0.148. The molecule has 0 aromatic heterocycles. The SMILES string of the molecule is CCCCCCCCCCCCSCC(COC(=O)CC(C)=O)OC. The lowest BCUT2D eigenvalue weighted by Crippen LogP contribution is -2.24. The summed E-state index contributed by atoms with van der Waals surface area (Å²) in [6, 6.07) is 0. The van der Waals surface area contributed by atoms with Crippen LogP contribution in [0.2, 0.25) is 0 Å². The molecule has 0 fully saturated rings. The first-order valence-corrected chi connectivity index (χ1v) is 11.0. The molecule has 5 heteroatoms. The Hall–Kier alpha value is -0.550. The molecule has 0 rings (SSSR count). The third kappa shape index (κ3) is 18.0. The molecule has 0 spiro atoms. The maximum atomic E-state index is 11.3. The van der Waals surface area contributed by atoms with Crippen LogP contribution in [-0.4, -0.2) is 43.1 Å². The lowest BCUT2D eigenvalue weighted by Gasteiger charge is -2.15. The lowest BCUT2D eigenvalue weighted by atomic mass is 10.1. The van der Waals surface area contributed by atoms with E-state index in [-0.39, 0.29) is 24.9 Å². The Labute approximate surface area is 158 Å². The van der Waals surface area contributed by atoms with Crippen molar-refractivity contribution in [2.45, 2.75) is 90.6 Å². The Morgan fingerprint density at radius 3 is 2.00 bits per heavy atom. The Morgan fingerprint density at radius 1 is 0.920 bits per heavy atom. The van der Waals surface area contributed by atoms with Crippen LogP contribution in [0.1, 0.15) is 84.5 Å². The molecule has 1 atom stereocenters. The van der Waals surface area contributed by atoms with Crippen LogP contribution in [0.25, 0.3) is 0 Å². The van der Waals surface area contributed by atoms with Gasteiger partial charge >= 0.3 is 5.97 Å². The first-order valence-electron chi connectivity index (χ1n) is 9.85. The van der Waals surface area contributed by atoms with Crippen molar-refractivity contribution < 1.29 is 19.1 Å². The predicted molar refractivity (Wildman–Crippen MR) is 106 cm³/mol. The van der Waals surface area contributed by atoms with Crippen LogP contribution in [-0.2, 0) is 19.1 Å². The monoisotopic (exact) mass is 374 g/mol. The van der Waals surface area contributed by atoms with Gasteiger partial charge in [-0.05, 0) is 19.1 Å². The van der Waals surface area contributed by atoms with Crippen LogP contribution in [0.3, 0.4) is 0 Å². The van der Waals surface area contributed by atoms with Gasteiger partial charge in [0.2, 0.25) is 0 Å². The standard InChI is InChI=1S/C20H38O4S/c1-4-5-6-7-8-9-10-11-12-13-14-25-17-19(23-3)16-24-20(22)15-18(2)21/h19H,4-17H2,1-3H3. The quantitative estimate of drug-likeness (QED) is 0.188. The molecule has 0 bridgehead atoms. The smallest absolute Gasteiger partial charge is 0.313 e. The summed E-state index contributed by atoms with van der Waals surface area (Å²) in [4.78, 5) is 22.2. The number of carbonyl (C=O) groups excluding carboxylic acids is 2. The van der Waals surface area contributed by atoms with Crippen molar-refractivity contribution in [3.05, 3.63) is 0 Å². The van der Waals surface area contributed by atoms with Gasteiger partial charge in [-0.3, -0.25) is 9.59 Å². The summed E-state index contributed by atoms with van der Waals surface area (Å²) < 4.78 is 10.4. The number of hydrogen-bond donors (Lipinski definition) is 0. The van der Waals surface area contributed by atoms with E-state index in [9.17, 15) is 9.59 Å². The summed E-state index contributed by atoms with van der Waals surface area (Å²) in [5, 5.41) is 0. The van der Waals surface area contributed by atoms with Gasteiger partial charge in [-0.1, -0.05) is 64.7 Å². The zero-order valence-electron chi connectivity index (χ0n) is 16.5. The van der Waals surface area contributed by atoms with Crippen molar-refractivity contribution in [1.82, 2.24) is 0 Å². The number of methoxy groups -OCH3 is 1. The number of thioether (sulfide) groups is 1. The third-order valence-corrected chi connectivity index (χ3v) is 5.29. The van der Waals surface area contributed by atoms with E-state index >= 15 is 0 Å². The second-order valence-electron chi connectivity index (χ2n) is 6.68. The van der Waals surface area contributed by atoms with Gasteiger partial charge in [-0.2, -0.15) is 11.8 Å². The Morgan fingerprint density at radius 2 is 1.48 bits per heavy atom. The Bertz CT molecular complexity index is 334. The minimum Gasteiger partial charge on any atom is -0.463 e. The maximum Gasteiger partial charge on any atom is 0.313 e. The van der Waals surface area contributed by atoms with Crippen LogP contribution in [0.4, 0.5) is 0 Å². The second-order valence-corrected chi connectivity index (χ2v) is 7.83. The predicted octanol–water partition coefficient (Wildman–Crippen LogP) is 5.18. The second kappa shape index (κ2) is 18.2. The van der Waals surface area contributed by atoms with Gasteiger partial charge in [-0.25, -0.2) is 0 Å². The number of Topliss-reactive ketones (excluding diaryl/α,β-unsaturated/α-hetero) is 1. The third-order valence-electron chi connectivity index (χ3n) is 4.10. The van der Waals surface area contributed by atoms with Crippen molar-refractivity contribution in [2.24, 2.45) is 0 Å². The molecule has 0 aromatic carbocycles. The molecule has 148 valence electrons. The molecule has 0 heterocycles. The summed E-state index contributed by atoms with van der Waals surface area (Å²) in [6.45, 7) is 3.87. The first-order chi connectivity index (χ1) is 12.1. The largest absolute Gasteiger partial charge is 0.463 e. The van der Waals surface area contributed by atoms with E-state index in [4.69, 9.17) is 9.47 Å². The summed E-state index contributed by atoms with van der Waals surface area (Å²) in [7, 11) is 1.63. The van der Waals surface area contributed by atoms with Gasteiger partial charge in [-0.15, -0.1) is 0 Å². The molecule has 4 nitrogen and oxygen atoms in total. The molecular weight excluding hydrogens is 336 g/mol. The minimum atomic E-state index is -0.464. The van der Waals surface area contributed by atoms with Crippen LogP contribution in [0, 0.1) is 0 Å². The molecule has 0 radical (unpaired) electrons. The number of ketones is 1. The average Bonchev–Trinajstić information content (AvgIpc) is 2.57. The van der Waals surface area contributed by atoms with E-state index < -0.39 is 5.97 Å². The Kier molecular flexibility index (Phi) is 17.8. The Balaban J connectivity index is 3.41. The number of hydrogen-bond acceptors (Lipinski definition) is 5. The molecule has 0 saturated heterocycles. The highest BCUT2D eigenvalue weighted by atomic mass is 32.2. The zero-order chi connectivity index (χ0) is 18.8. The number of ether oxygens (including phenoxy) is 2. The van der Waals surface area contributed by atoms with Gasteiger partial charge in [0.15, 0.2) is 0 Å². The van der Waals surface area contributed by atoms with Crippen LogP contribution >= 0.6 is 11.8 Å². The van der Waals surface area contributed by atoms with E-state index in [1.165, 1.54) is 71.1 Å². The fourth-order valence-electron chi connectivity index (χ4n) is 2.53. The average molecular weight is 375 g/mol. The molecule has 0 amide bonds. The molecule has 0 aromatic rings. The van der Waals surface area contributed by atoms with E-state index in [2.05, 4.69) is 6.92 Å². The normalized spacial score (nSPS) is 12.1. The summed E-state index contributed by atoms with van der Waals surface area (Å²) >= 11 is 1.85. The van der Waals surface area contributed by atoms with Gasteiger partial charge in [0.05, 0.1) is 0 Å². The van der Waals surface area contributed by atoms with Gasteiger partial charge in [0.25, 0.3) is 0 Å². The van der Waals surface area contributed by atoms with Crippen molar-refractivity contribution >= 4 is 23.5 Å². The number of rotatable bonds is 18. The first kappa shape index (κ1) is 24.5. The highest BCUT2D eigenvalue weighted by Gasteiger charge is 2.12. The van der Waals surface area contributed by atoms with E-state index in [0.717, 1.165) is 11.5 Å². The fourth-order valence-corrected chi connectivity index (χ4v) is 3.60. The highest BCUT2D eigenvalue weighted by molar-refractivity contribution is 7.99. The zero-order valence-corrected chi connectivity index (χ0v) is 17.3. The highest BCUT2D eigenvalue weighted by Crippen LogP contribution is 2.13. The number of unbranched alkanes of at least 4 members (excludes halogenated alkanes) is 9. The van der Waals surface area contributed by atoms with Crippen molar-refractivity contribution in [1.29, 1.82) is 0 Å². The molecule has 0 saturated carbocycles. The van der Waals surface area contributed by atoms with Gasteiger partial charge in [0.1, 0.15) is 24.9 Å². The van der Waals surface area contributed by atoms with Gasteiger partial charge < -0.3 is 9.47 Å². The molecule has 0 aliphatic carbocycles. The van der Waals surface area contributed by atoms with Gasteiger partial charge in [0, 0.05) is 12.9 Å². The van der Waals surface area contributed by atoms with Crippen molar-refractivity contribution in [2.75, 3.05) is 25.2 Å². The summed E-state index contributed by atoms with van der Waals surface area (Å²) in [5.74, 6) is 1.31. The van der Waals surface area contributed by atoms with Crippen LogP contribution in [0.15, 0.2) is 0 Å². The van der Waals surface area contributed by atoms with E-state index in [1.807, 2.05) is 11.8 Å². The van der Waals surface area contributed by atoms with E-state index in [1.54, 1.807) is 7.11 Å². The number of carbonyl (C=O) groups is 2. The topological polar surface area (TPSA) is 52.6 Å². The molecular formula is C20H38O4S. The van der Waals surface area contributed by atoms with Crippen LogP contribution < -0.4 is 0 Å². The molecule has 25 heavy (non-hydrogen) atoms. The van der Waals surface area contributed by atoms with E-state index in [0.29, 0.717) is 0 Å². The minimum absolute atomic E-state index is 0.0935. The fraction of sp³-hybridized carbons (Fsp3) is 0.900. The maximum absolute atomic E-state index is 11.3. The molecule has 0 N–H and O–H groups in total. The van der Waals surface area contributed by atoms with Crippen LogP contribution in [0.5, 0.6) is 0 Å². The number of esters is 1. The summed E-state index contributed by atoms with van der Waals surface area (Å²) in [5.41, 5.74) is 0. The molecule has 0 aliphatic heterocycles. The van der Waals surface area contributed by atoms with Crippen molar-refractivity contribution in [3.8, 4) is 0 Å². The van der Waals surface area contributed by atoms with Crippen molar-refractivity contribution in [3.63, 3.8) is 0 Å².